The van der Waals surface area contributed by atoms with Crippen molar-refractivity contribution in [3.8, 4) is 45.7 Å². The van der Waals surface area contributed by atoms with Crippen LogP contribution in [0.25, 0.3) is 28.1 Å². The molecule has 0 aliphatic carbocycles. The van der Waals surface area contributed by atoms with Crippen molar-refractivity contribution in [1.29, 1.82) is 5.26 Å². The lowest BCUT2D eigenvalue weighted by Gasteiger charge is -2.11. The van der Waals surface area contributed by atoms with Gasteiger partial charge >= 0.3 is 0 Å². The molecular weight excluding hydrogens is 566 g/mol. The smallest absolute Gasteiger partial charge is 0.238 e. The Morgan fingerprint density at radius 2 is 1.50 bits per heavy atom. The summed E-state index contributed by atoms with van der Waals surface area (Å²) in [6.07, 6.45) is 1.76. The van der Waals surface area contributed by atoms with Gasteiger partial charge in [0, 0.05) is 44.5 Å². The standard InChI is InChI=1S/C33H28BrN3O3/c1-20-6-11-26(17-30(20)34)37-21(2)16-25(22(37)3)19-36-33-29(18-35)31(23-7-12-27(38-4)13-8-23)32(40-33)24-9-14-28(39-5)15-10-24/h6-17,19H,1-5H3. The summed E-state index contributed by atoms with van der Waals surface area (Å²) in [5.41, 5.74) is 7.97. The zero-order valence-electron chi connectivity index (χ0n) is 22.9. The van der Waals surface area contributed by atoms with Gasteiger partial charge in [-0.2, -0.15) is 5.26 Å². The molecule has 0 atom stereocenters. The van der Waals surface area contributed by atoms with Crippen molar-refractivity contribution in [2.75, 3.05) is 14.2 Å². The molecule has 3 aromatic carbocycles. The molecule has 0 spiro atoms. The number of methoxy groups -OCH3 is 2. The molecule has 0 saturated carbocycles. The molecule has 2 aromatic heterocycles. The third-order valence-electron chi connectivity index (χ3n) is 6.94. The molecule has 5 rings (SSSR count). The van der Waals surface area contributed by atoms with Gasteiger partial charge in [0.15, 0.2) is 0 Å². The van der Waals surface area contributed by atoms with Gasteiger partial charge in [0.05, 0.1) is 14.2 Å². The predicted molar refractivity (Wildman–Crippen MR) is 162 cm³/mol. The van der Waals surface area contributed by atoms with Crippen molar-refractivity contribution in [2.45, 2.75) is 20.8 Å². The number of nitrogens with zero attached hydrogens (tertiary/aromatic N) is 3. The number of aromatic nitrogens is 1. The van der Waals surface area contributed by atoms with E-state index in [1.165, 1.54) is 5.56 Å². The lowest BCUT2D eigenvalue weighted by atomic mass is 9.98. The SMILES string of the molecule is COc1ccc(-c2oc(N=Cc3cc(C)n(-c4ccc(C)c(Br)c4)c3C)c(C#N)c2-c2ccc(OC)cc2)cc1. The van der Waals surface area contributed by atoms with Crippen LogP contribution < -0.4 is 9.47 Å². The molecule has 0 amide bonds. The first-order valence-corrected chi connectivity index (χ1v) is 13.5. The van der Waals surface area contributed by atoms with Crippen molar-refractivity contribution in [1.82, 2.24) is 4.57 Å². The second kappa shape index (κ2) is 11.3. The van der Waals surface area contributed by atoms with Crippen LogP contribution in [0.1, 0.15) is 28.1 Å². The summed E-state index contributed by atoms with van der Waals surface area (Å²) >= 11 is 3.64. The first-order chi connectivity index (χ1) is 19.3. The van der Waals surface area contributed by atoms with Crippen LogP contribution in [0, 0.1) is 32.1 Å². The van der Waals surface area contributed by atoms with Gasteiger partial charge in [-0.05, 0) is 86.5 Å². The van der Waals surface area contributed by atoms with Crippen LogP contribution in [-0.2, 0) is 0 Å². The lowest BCUT2D eigenvalue weighted by molar-refractivity contribution is 0.414. The molecule has 40 heavy (non-hydrogen) atoms. The van der Waals surface area contributed by atoms with Crippen LogP contribution in [0.5, 0.6) is 11.5 Å². The maximum Gasteiger partial charge on any atom is 0.238 e. The number of benzene rings is 3. The number of hydrogen-bond acceptors (Lipinski definition) is 5. The summed E-state index contributed by atoms with van der Waals surface area (Å²) in [5.74, 6) is 2.27. The van der Waals surface area contributed by atoms with Gasteiger partial charge in [-0.25, -0.2) is 4.99 Å². The van der Waals surface area contributed by atoms with E-state index < -0.39 is 0 Å². The van der Waals surface area contributed by atoms with Crippen molar-refractivity contribution >= 4 is 28.0 Å². The number of aryl methyl sites for hydroxylation is 2. The largest absolute Gasteiger partial charge is 0.497 e. The summed E-state index contributed by atoms with van der Waals surface area (Å²) in [6.45, 7) is 6.19. The second-order valence-electron chi connectivity index (χ2n) is 9.41. The Morgan fingerprint density at radius 3 is 2.08 bits per heavy atom. The molecule has 7 heteroatoms. The molecule has 0 fully saturated rings. The minimum absolute atomic E-state index is 0.252. The first-order valence-electron chi connectivity index (χ1n) is 12.7. The van der Waals surface area contributed by atoms with Gasteiger partial charge in [0.2, 0.25) is 5.88 Å². The Bertz CT molecular complexity index is 1750. The van der Waals surface area contributed by atoms with Crippen molar-refractivity contribution in [2.24, 2.45) is 4.99 Å². The van der Waals surface area contributed by atoms with Gasteiger partial charge in [-0.15, -0.1) is 0 Å². The number of nitriles is 1. The van der Waals surface area contributed by atoms with Gasteiger partial charge in [0.25, 0.3) is 0 Å². The van der Waals surface area contributed by atoms with E-state index in [0.717, 1.165) is 49.7 Å². The molecule has 0 radical (unpaired) electrons. The first kappa shape index (κ1) is 27.0. The average molecular weight is 595 g/mol. The monoisotopic (exact) mass is 593 g/mol. The number of ether oxygens (including phenoxy) is 2. The highest BCUT2D eigenvalue weighted by atomic mass is 79.9. The fraction of sp³-hybridized carbons (Fsp3) is 0.152. The summed E-state index contributed by atoms with van der Waals surface area (Å²) in [4.78, 5) is 4.70. The van der Waals surface area contributed by atoms with E-state index in [2.05, 4.69) is 71.6 Å². The van der Waals surface area contributed by atoms with E-state index in [-0.39, 0.29) is 5.88 Å². The molecule has 0 saturated heterocycles. The fourth-order valence-corrected chi connectivity index (χ4v) is 5.12. The Balaban J connectivity index is 1.61. The zero-order valence-corrected chi connectivity index (χ0v) is 24.5. The average Bonchev–Trinajstić information content (AvgIpc) is 3.49. The van der Waals surface area contributed by atoms with E-state index in [1.807, 2.05) is 48.5 Å². The van der Waals surface area contributed by atoms with E-state index in [9.17, 15) is 5.26 Å². The Kier molecular flexibility index (Phi) is 7.63. The quantitative estimate of drug-likeness (QED) is 0.177. The van der Waals surface area contributed by atoms with Gasteiger partial charge < -0.3 is 18.5 Å². The zero-order chi connectivity index (χ0) is 28.4. The highest BCUT2D eigenvalue weighted by Gasteiger charge is 2.23. The van der Waals surface area contributed by atoms with Crippen LogP contribution in [0.2, 0.25) is 0 Å². The Morgan fingerprint density at radius 1 is 0.875 bits per heavy atom. The third-order valence-corrected chi connectivity index (χ3v) is 7.79. The van der Waals surface area contributed by atoms with E-state index in [0.29, 0.717) is 16.9 Å². The molecule has 0 unspecified atom stereocenters. The lowest BCUT2D eigenvalue weighted by Crippen LogP contribution is -2.00. The highest BCUT2D eigenvalue weighted by molar-refractivity contribution is 9.10. The number of rotatable bonds is 7. The molecule has 200 valence electrons. The number of furan rings is 1. The van der Waals surface area contributed by atoms with Crippen molar-refractivity contribution in [3.05, 3.63) is 105 Å². The molecule has 6 nitrogen and oxygen atoms in total. The number of aliphatic imine (C=N–C) groups is 1. The van der Waals surface area contributed by atoms with Gasteiger partial charge in [-0.3, -0.25) is 0 Å². The number of hydrogen-bond donors (Lipinski definition) is 0. The molecule has 0 aliphatic rings. The molecule has 0 bridgehead atoms. The summed E-state index contributed by atoms with van der Waals surface area (Å²) in [5, 5.41) is 10.3. The summed E-state index contributed by atoms with van der Waals surface area (Å²) in [6, 6.07) is 25.8. The molecular formula is C33H28BrN3O3. The molecule has 0 aliphatic heterocycles. The highest BCUT2D eigenvalue weighted by Crippen LogP contribution is 2.43. The summed E-state index contributed by atoms with van der Waals surface area (Å²) in [7, 11) is 3.25. The van der Waals surface area contributed by atoms with Gasteiger partial charge in [0.1, 0.15) is 28.9 Å². The Hall–Kier alpha value is -4.54. The van der Waals surface area contributed by atoms with E-state index in [1.54, 1.807) is 20.4 Å². The maximum absolute atomic E-state index is 10.3. The topological polar surface area (TPSA) is 72.7 Å². The molecule has 0 N–H and O–H groups in total. The van der Waals surface area contributed by atoms with Crippen LogP contribution >= 0.6 is 15.9 Å². The molecule has 2 heterocycles. The van der Waals surface area contributed by atoms with Crippen molar-refractivity contribution in [3.63, 3.8) is 0 Å². The summed E-state index contributed by atoms with van der Waals surface area (Å²) < 4.78 is 20.2. The third kappa shape index (κ3) is 5.06. The number of halogens is 1. The molecule has 5 aromatic rings. The normalized spacial score (nSPS) is 11.1. The van der Waals surface area contributed by atoms with E-state index >= 15 is 0 Å². The fourth-order valence-electron chi connectivity index (χ4n) is 4.76. The van der Waals surface area contributed by atoms with Crippen LogP contribution in [0.4, 0.5) is 5.88 Å². The minimum atomic E-state index is 0.252. The Labute approximate surface area is 242 Å². The predicted octanol–water partition coefficient (Wildman–Crippen LogP) is 8.73. The second-order valence-corrected chi connectivity index (χ2v) is 10.3. The van der Waals surface area contributed by atoms with Crippen LogP contribution in [0.3, 0.4) is 0 Å². The maximum atomic E-state index is 10.3. The van der Waals surface area contributed by atoms with Crippen LogP contribution in [-0.4, -0.2) is 25.0 Å². The minimum Gasteiger partial charge on any atom is -0.497 e. The van der Waals surface area contributed by atoms with Gasteiger partial charge in [-0.1, -0.05) is 34.1 Å². The van der Waals surface area contributed by atoms with Crippen molar-refractivity contribution < 1.29 is 13.9 Å². The van der Waals surface area contributed by atoms with E-state index in [4.69, 9.17) is 18.9 Å². The van der Waals surface area contributed by atoms with Crippen LogP contribution in [0.15, 0.2) is 86.7 Å².